The number of methoxy groups -OCH3 is 2. The lowest BCUT2D eigenvalue weighted by Crippen LogP contribution is -2.43. The molecule has 0 radical (unpaired) electrons. The number of aliphatic hydroxyl groups is 1. The van der Waals surface area contributed by atoms with Crippen LogP contribution in [0, 0.1) is 0 Å². The van der Waals surface area contributed by atoms with Gasteiger partial charge in [0.15, 0.2) is 0 Å². The van der Waals surface area contributed by atoms with Gasteiger partial charge < -0.3 is 19.3 Å². The van der Waals surface area contributed by atoms with Gasteiger partial charge in [0.25, 0.3) is 0 Å². The third kappa shape index (κ3) is 3.97. The van der Waals surface area contributed by atoms with Gasteiger partial charge >= 0.3 is 6.09 Å². The first kappa shape index (κ1) is 14.9. The zero-order valence-electron chi connectivity index (χ0n) is 10.9. The molecule has 0 saturated carbocycles. The molecule has 104 valence electrons. The molecule has 1 aliphatic heterocycles. The van der Waals surface area contributed by atoms with Crippen molar-refractivity contribution >= 4 is 6.09 Å². The summed E-state index contributed by atoms with van der Waals surface area (Å²) in [5.74, 6) is 0. The summed E-state index contributed by atoms with van der Waals surface area (Å²) in [5.41, 5.74) is 0.602. The maximum Gasteiger partial charge on any atom is 0.414 e. The van der Waals surface area contributed by atoms with Crippen LogP contribution in [-0.2, 0) is 14.2 Å². The molecule has 0 fully saturated rings. The molecule has 0 bridgehead atoms. The van der Waals surface area contributed by atoms with Crippen LogP contribution in [0.3, 0.4) is 0 Å². The molecular formula is C12H21NO5. The van der Waals surface area contributed by atoms with Crippen LogP contribution in [0.1, 0.15) is 19.3 Å². The summed E-state index contributed by atoms with van der Waals surface area (Å²) in [6, 6.07) is 0.00135. The van der Waals surface area contributed by atoms with Crippen LogP contribution in [0.4, 0.5) is 4.79 Å². The van der Waals surface area contributed by atoms with E-state index in [4.69, 9.17) is 14.2 Å². The third-order valence-corrected chi connectivity index (χ3v) is 2.88. The first-order valence-electron chi connectivity index (χ1n) is 5.98. The molecule has 18 heavy (non-hydrogen) atoms. The van der Waals surface area contributed by atoms with Crippen LogP contribution < -0.4 is 0 Å². The van der Waals surface area contributed by atoms with Crippen LogP contribution in [0.5, 0.6) is 0 Å². The second-order valence-electron chi connectivity index (χ2n) is 4.03. The summed E-state index contributed by atoms with van der Waals surface area (Å²) in [6.45, 7) is 0.586. The van der Waals surface area contributed by atoms with Crippen molar-refractivity contribution < 1.29 is 24.1 Å². The number of rotatable bonds is 6. The van der Waals surface area contributed by atoms with E-state index in [0.717, 1.165) is 12.8 Å². The van der Waals surface area contributed by atoms with Crippen molar-refractivity contribution in [2.75, 3.05) is 34.2 Å². The number of allylic oxidation sites excluding steroid dienone is 1. The average Bonchev–Trinajstić information content (AvgIpc) is 2.42. The second kappa shape index (κ2) is 8.07. The lowest BCUT2D eigenvalue weighted by Gasteiger charge is -2.34. The Labute approximate surface area is 107 Å². The number of nitrogens with zero attached hydrogens (tertiary/aromatic N) is 1. The summed E-state index contributed by atoms with van der Waals surface area (Å²) in [4.78, 5) is 13.2. The Bertz CT molecular complexity index is 292. The molecule has 0 aromatic rings. The van der Waals surface area contributed by atoms with Crippen LogP contribution >= 0.6 is 0 Å². The normalized spacial score (nSPS) is 19.6. The summed E-state index contributed by atoms with van der Waals surface area (Å²) in [5, 5.41) is 9.26. The molecule has 0 aliphatic carbocycles. The molecule has 1 amide bonds. The average molecular weight is 259 g/mol. The van der Waals surface area contributed by atoms with Crippen molar-refractivity contribution in [3.05, 3.63) is 11.8 Å². The van der Waals surface area contributed by atoms with E-state index in [1.165, 1.54) is 12.0 Å². The van der Waals surface area contributed by atoms with Crippen LogP contribution in [0.15, 0.2) is 11.8 Å². The largest absolute Gasteiger partial charge is 0.452 e. The molecule has 1 heterocycles. The zero-order chi connectivity index (χ0) is 13.4. The Kier molecular flexibility index (Phi) is 6.70. The minimum Gasteiger partial charge on any atom is -0.452 e. The van der Waals surface area contributed by atoms with Gasteiger partial charge in [-0.25, -0.2) is 4.79 Å². The Hall–Kier alpha value is -1.11. The summed E-state index contributed by atoms with van der Waals surface area (Å²) < 4.78 is 14.8. The molecule has 0 spiro atoms. The first-order chi connectivity index (χ1) is 8.74. The Morgan fingerprint density at radius 2 is 2.33 bits per heavy atom. The first-order valence-corrected chi connectivity index (χ1v) is 5.98. The van der Waals surface area contributed by atoms with Crippen molar-refractivity contribution in [3.8, 4) is 0 Å². The van der Waals surface area contributed by atoms with Crippen molar-refractivity contribution in [1.29, 1.82) is 0 Å². The van der Waals surface area contributed by atoms with Crippen molar-refractivity contribution in [3.63, 3.8) is 0 Å². The SMILES string of the molecule is COCOCC[C@@H]1CCC=C(CO)N1C(=O)OC. The van der Waals surface area contributed by atoms with Crippen molar-refractivity contribution in [2.24, 2.45) is 0 Å². The predicted octanol–water partition coefficient (Wildman–Crippen LogP) is 1.10. The number of hydrogen-bond donors (Lipinski definition) is 1. The van der Waals surface area contributed by atoms with Crippen molar-refractivity contribution in [2.45, 2.75) is 25.3 Å². The van der Waals surface area contributed by atoms with Gasteiger partial charge in [0.05, 0.1) is 20.3 Å². The van der Waals surface area contributed by atoms with Crippen LogP contribution in [-0.4, -0.2) is 56.4 Å². The van der Waals surface area contributed by atoms with E-state index in [2.05, 4.69) is 0 Å². The quantitative estimate of drug-likeness (QED) is 0.571. The molecule has 0 unspecified atom stereocenters. The zero-order valence-corrected chi connectivity index (χ0v) is 10.9. The predicted molar refractivity (Wildman–Crippen MR) is 64.9 cm³/mol. The van der Waals surface area contributed by atoms with E-state index in [1.807, 2.05) is 6.08 Å². The number of ether oxygens (including phenoxy) is 3. The highest BCUT2D eigenvalue weighted by atomic mass is 16.7. The molecule has 1 aliphatic rings. The van der Waals surface area contributed by atoms with Gasteiger partial charge in [-0.05, 0) is 19.3 Å². The fourth-order valence-corrected chi connectivity index (χ4v) is 2.04. The smallest absolute Gasteiger partial charge is 0.414 e. The molecule has 0 saturated heterocycles. The van der Waals surface area contributed by atoms with E-state index in [-0.39, 0.29) is 19.4 Å². The lowest BCUT2D eigenvalue weighted by atomic mass is 10.0. The highest BCUT2D eigenvalue weighted by Crippen LogP contribution is 2.24. The fraction of sp³-hybridized carbons (Fsp3) is 0.750. The van der Waals surface area contributed by atoms with Crippen LogP contribution in [0.25, 0.3) is 0 Å². The topological polar surface area (TPSA) is 68.2 Å². The van der Waals surface area contributed by atoms with Crippen LogP contribution in [0.2, 0.25) is 0 Å². The van der Waals surface area contributed by atoms with E-state index < -0.39 is 6.09 Å². The Morgan fingerprint density at radius 3 is 2.94 bits per heavy atom. The highest BCUT2D eigenvalue weighted by molar-refractivity contribution is 5.70. The summed E-state index contributed by atoms with van der Waals surface area (Å²) in [6.07, 6.45) is 3.80. The molecule has 0 aromatic carbocycles. The molecule has 1 rings (SSSR count). The second-order valence-corrected chi connectivity index (χ2v) is 4.03. The summed E-state index contributed by atoms with van der Waals surface area (Å²) >= 11 is 0. The van der Waals surface area contributed by atoms with Gasteiger partial charge in [-0.2, -0.15) is 0 Å². The number of carbonyl (C=O) groups excluding carboxylic acids is 1. The lowest BCUT2D eigenvalue weighted by molar-refractivity contribution is -0.0362. The van der Waals surface area contributed by atoms with E-state index in [0.29, 0.717) is 18.7 Å². The van der Waals surface area contributed by atoms with Crippen molar-refractivity contribution in [1.82, 2.24) is 4.90 Å². The van der Waals surface area contributed by atoms with E-state index in [1.54, 1.807) is 7.11 Å². The third-order valence-electron chi connectivity index (χ3n) is 2.88. The maximum absolute atomic E-state index is 11.7. The number of aliphatic hydroxyl groups excluding tert-OH is 1. The van der Waals surface area contributed by atoms with Gasteiger partial charge in [0.2, 0.25) is 0 Å². The number of carbonyl (C=O) groups is 1. The number of hydrogen-bond acceptors (Lipinski definition) is 5. The van der Waals surface area contributed by atoms with E-state index in [9.17, 15) is 9.90 Å². The van der Waals surface area contributed by atoms with Gasteiger partial charge in [-0.3, -0.25) is 4.90 Å². The standard InChI is InChI=1S/C12H21NO5/c1-16-9-18-7-6-10-4-3-5-11(8-14)13(10)12(15)17-2/h5,10,14H,3-4,6-9H2,1-2H3/t10-/m0/s1. The molecule has 1 atom stereocenters. The summed E-state index contributed by atoms with van der Waals surface area (Å²) in [7, 11) is 2.90. The highest BCUT2D eigenvalue weighted by Gasteiger charge is 2.29. The minimum atomic E-state index is -0.438. The van der Waals surface area contributed by atoms with Gasteiger partial charge in [0.1, 0.15) is 6.79 Å². The minimum absolute atomic E-state index is 0.00135. The van der Waals surface area contributed by atoms with Gasteiger partial charge in [0, 0.05) is 18.8 Å². The molecule has 0 aromatic heterocycles. The van der Waals surface area contributed by atoms with Gasteiger partial charge in [-0.15, -0.1) is 0 Å². The van der Waals surface area contributed by atoms with Gasteiger partial charge in [-0.1, -0.05) is 6.08 Å². The monoisotopic (exact) mass is 259 g/mol. The fourth-order valence-electron chi connectivity index (χ4n) is 2.04. The number of amides is 1. The molecule has 6 nitrogen and oxygen atoms in total. The van der Waals surface area contributed by atoms with E-state index >= 15 is 0 Å². The molecule has 1 N–H and O–H groups in total. The molecular weight excluding hydrogens is 238 g/mol. The Balaban J connectivity index is 2.58. The maximum atomic E-state index is 11.7. The molecule has 6 heteroatoms. The Morgan fingerprint density at radius 1 is 1.56 bits per heavy atom.